The third-order valence-corrected chi connectivity index (χ3v) is 3.02. The van der Waals surface area contributed by atoms with Gasteiger partial charge in [0.25, 0.3) is 0 Å². The molecule has 106 valence electrons. The predicted octanol–water partition coefficient (Wildman–Crippen LogP) is 0.493. The second-order valence-electron chi connectivity index (χ2n) is 4.83. The van der Waals surface area contributed by atoms with E-state index in [0.717, 1.165) is 12.8 Å². The molecule has 0 amide bonds. The second-order valence-corrected chi connectivity index (χ2v) is 4.83. The molecule has 0 aliphatic rings. The predicted molar refractivity (Wildman–Crippen MR) is 72.2 cm³/mol. The van der Waals surface area contributed by atoms with Crippen molar-refractivity contribution in [2.75, 3.05) is 0 Å². The number of aliphatic hydroxyl groups is 1. The van der Waals surface area contributed by atoms with Crippen LogP contribution in [0.4, 0.5) is 0 Å². The number of carboxylic acid groups (broad SMARTS) is 1. The molecule has 0 radical (unpaired) electrons. The van der Waals surface area contributed by atoms with E-state index >= 15 is 0 Å². The van der Waals surface area contributed by atoms with Crippen molar-refractivity contribution in [3.05, 3.63) is 11.8 Å². The quantitative estimate of drug-likeness (QED) is 0.321. The van der Waals surface area contributed by atoms with Gasteiger partial charge in [0.15, 0.2) is 0 Å². The van der Waals surface area contributed by atoms with Gasteiger partial charge in [-0.15, -0.1) is 0 Å². The first kappa shape index (κ1) is 21.3. The molecule has 1 N–H and O–H groups in total. The van der Waals surface area contributed by atoms with E-state index in [2.05, 4.69) is 6.92 Å². The Kier molecular flexibility index (Phi) is 18.0. The molecule has 0 atom stereocenters. The minimum atomic E-state index is -1.11. The van der Waals surface area contributed by atoms with E-state index < -0.39 is 5.97 Å². The maximum atomic E-state index is 10.2. The van der Waals surface area contributed by atoms with Crippen LogP contribution in [-0.2, 0) is 4.79 Å². The average Bonchev–Trinajstić information content (AvgIpc) is 2.34. The van der Waals surface area contributed by atoms with Gasteiger partial charge in [0, 0.05) is 12.4 Å². The molecular formula is C15H27NaO3. The molecule has 0 fully saturated rings. The Morgan fingerprint density at radius 3 is 2.05 bits per heavy atom. The number of allylic oxidation sites excluding steroid dienone is 2. The van der Waals surface area contributed by atoms with Gasteiger partial charge in [0.2, 0.25) is 0 Å². The van der Waals surface area contributed by atoms with Gasteiger partial charge >= 0.3 is 29.6 Å². The van der Waals surface area contributed by atoms with Crippen molar-refractivity contribution < 1.29 is 44.6 Å². The topological polar surface area (TPSA) is 60.4 Å². The van der Waals surface area contributed by atoms with Gasteiger partial charge < -0.3 is 15.0 Å². The monoisotopic (exact) mass is 278 g/mol. The van der Waals surface area contributed by atoms with Crippen molar-refractivity contribution in [1.29, 1.82) is 0 Å². The van der Waals surface area contributed by atoms with E-state index in [1.165, 1.54) is 44.9 Å². The number of carboxylic acids is 1. The number of carbonyl (C=O) groups excluding carboxylic acids is 1. The summed E-state index contributed by atoms with van der Waals surface area (Å²) in [5.41, 5.74) is 0. The molecule has 19 heavy (non-hydrogen) atoms. The average molecular weight is 278 g/mol. The smallest absolute Gasteiger partial charge is 0.550 e. The molecule has 0 saturated carbocycles. The van der Waals surface area contributed by atoms with Gasteiger partial charge in [0.1, 0.15) is 0 Å². The van der Waals surface area contributed by atoms with Gasteiger partial charge in [-0.05, 0) is 25.3 Å². The van der Waals surface area contributed by atoms with E-state index in [4.69, 9.17) is 0 Å². The van der Waals surface area contributed by atoms with Crippen molar-refractivity contribution in [1.82, 2.24) is 0 Å². The largest absolute Gasteiger partial charge is 1.00 e. The molecule has 0 aromatic heterocycles. The normalized spacial score (nSPS) is 11.1. The summed E-state index contributed by atoms with van der Waals surface area (Å²) in [6.07, 6.45) is 12.8. The van der Waals surface area contributed by atoms with Crippen LogP contribution in [0.5, 0.6) is 0 Å². The standard InChI is InChI=1S/C15H28O3.Na/c1-2-3-4-5-6-7-8-9-10-11-14(16)12-13-15(17)18;/h11,16H,2-10,12-13H2,1H3,(H,17,18);/q;+1/p-1. The van der Waals surface area contributed by atoms with Crippen molar-refractivity contribution in [2.45, 2.75) is 77.6 Å². The first-order valence-electron chi connectivity index (χ1n) is 7.24. The Hall–Kier alpha value is 0.0100. The molecule has 0 bridgehead atoms. The van der Waals surface area contributed by atoms with Crippen LogP contribution in [0.2, 0.25) is 0 Å². The van der Waals surface area contributed by atoms with Gasteiger partial charge in [-0.3, -0.25) is 0 Å². The van der Waals surface area contributed by atoms with Crippen LogP contribution >= 0.6 is 0 Å². The summed E-state index contributed by atoms with van der Waals surface area (Å²) in [5.74, 6) is -0.927. The van der Waals surface area contributed by atoms with Gasteiger partial charge in [0.05, 0.1) is 5.76 Å². The maximum absolute atomic E-state index is 10.2. The van der Waals surface area contributed by atoms with Gasteiger partial charge in [-0.1, -0.05) is 51.9 Å². The first-order chi connectivity index (χ1) is 8.66. The zero-order chi connectivity index (χ0) is 13.6. The fourth-order valence-corrected chi connectivity index (χ4v) is 1.88. The molecule has 0 heterocycles. The van der Waals surface area contributed by atoms with E-state index in [9.17, 15) is 15.0 Å². The van der Waals surface area contributed by atoms with Crippen LogP contribution < -0.4 is 34.7 Å². The van der Waals surface area contributed by atoms with Crippen LogP contribution in [0.25, 0.3) is 0 Å². The van der Waals surface area contributed by atoms with Crippen LogP contribution in [0.15, 0.2) is 11.8 Å². The fourth-order valence-electron chi connectivity index (χ4n) is 1.88. The van der Waals surface area contributed by atoms with E-state index in [1.807, 2.05) is 0 Å². The van der Waals surface area contributed by atoms with E-state index in [-0.39, 0.29) is 48.2 Å². The third kappa shape index (κ3) is 18.0. The fraction of sp³-hybridized carbons (Fsp3) is 0.800. The van der Waals surface area contributed by atoms with E-state index in [1.54, 1.807) is 6.08 Å². The van der Waals surface area contributed by atoms with Gasteiger partial charge in [-0.2, -0.15) is 0 Å². The Morgan fingerprint density at radius 2 is 1.53 bits per heavy atom. The zero-order valence-corrected chi connectivity index (χ0v) is 14.6. The summed E-state index contributed by atoms with van der Waals surface area (Å²) in [7, 11) is 0. The van der Waals surface area contributed by atoms with Crippen LogP contribution in [-0.4, -0.2) is 11.1 Å². The van der Waals surface area contributed by atoms with Crippen LogP contribution in [0.3, 0.4) is 0 Å². The van der Waals surface area contributed by atoms with Crippen molar-refractivity contribution in [3.63, 3.8) is 0 Å². The SMILES string of the molecule is CCCCCCCCCCC=C(O)CCC(=O)[O-].[Na+]. The molecule has 0 aromatic carbocycles. The Morgan fingerprint density at radius 1 is 1.00 bits per heavy atom. The second kappa shape index (κ2) is 16.1. The summed E-state index contributed by atoms with van der Waals surface area (Å²) < 4.78 is 0. The number of rotatable bonds is 12. The minimum absolute atomic E-state index is 0. The summed E-state index contributed by atoms with van der Waals surface area (Å²) in [6.45, 7) is 2.22. The number of unbranched alkanes of at least 4 members (excludes halogenated alkanes) is 8. The molecule has 0 aromatic rings. The van der Waals surface area contributed by atoms with E-state index in [0.29, 0.717) is 0 Å². The number of carbonyl (C=O) groups is 1. The molecule has 0 aliphatic heterocycles. The summed E-state index contributed by atoms with van der Waals surface area (Å²) in [4.78, 5) is 10.2. The number of hydrogen-bond donors (Lipinski definition) is 1. The zero-order valence-electron chi connectivity index (χ0n) is 12.6. The van der Waals surface area contributed by atoms with Crippen LogP contribution in [0.1, 0.15) is 77.6 Å². The Bertz CT molecular complexity index is 240. The molecule has 0 unspecified atom stereocenters. The Balaban J connectivity index is 0. The molecular weight excluding hydrogens is 251 g/mol. The number of hydrogen-bond acceptors (Lipinski definition) is 3. The minimum Gasteiger partial charge on any atom is -0.550 e. The molecule has 4 heteroatoms. The van der Waals surface area contributed by atoms with Crippen molar-refractivity contribution >= 4 is 5.97 Å². The molecule has 3 nitrogen and oxygen atoms in total. The van der Waals surface area contributed by atoms with Crippen molar-refractivity contribution in [3.8, 4) is 0 Å². The first-order valence-corrected chi connectivity index (χ1v) is 7.24. The molecule has 0 aliphatic carbocycles. The number of aliphatic hydroxyl groups excluding tert-OH is 1. The summed E-state index contributed by atoms with van der Waals surface area (Å²) in [6, 6.07) is 0. The van der Waals surface area contributed by atoms with Crippen molar-refractivity contribution in [2.24, 2.45) is 0 Å². The van der Waals surface area contributed by atoms with Crippen LogP contribution in [0, 0.1) is 0 Å². The summed E-state index contributed by atoms with van der Waals surface area (Å²) >= 11 is 0. The summed E-state index contributed by atoms with van der Waals surface area (Å²) in [5, 5.41) is 19.5. The molecule has 0 spiro atoms. The molecule has 0 saturated heterocycles. The Labute approximate surface area is 139 Å². The third-order valence-electron chi connectivity index (χ3n) is 3.02. The maximum Gasteiger partial charge on any atom is 1.00 e. The van der Waals surface area contributed by atoms with Gasteiger partial charge in [-0.25, -0.2) is 0 Å². The molecule has 0 rings (SSSR count). The number of aliphatic carboxylic acids is 1.